The maximum Gasteiger partial charge on any atom is 0.164 e. The molecule has 292 valence electrons. The summed E-state index contributed by atoms with van der Waals surface area (Å²) in [5.74, 6) is 1.87. The van der Waals surface area contributed by atoms with E-state index in [2.05, 4.69) is 188 Å². The van der Waals surface area contributed by atoms with Gasteiger partial charge in [0.2, 0.25) is 0 Å². The molecular formula is C57H39N5. The van der Waals surface area contributed by atoms with Crippen molar-refractivity contribution in [2.45, 2.75) is 19.3 Å². The van der Waals surface area contributed by atoms with Gasteiger partial charge in [0, 0.05) is 49.5 Å². The van der Waals surface area contributed by atoms with Gasteiger partial charge in [-0.05, 0) is 63.7 Å². The summed E-state index contributed by atoms with van der Waals surface area (Å²) in [4.78, 5) is 20.6. The fraction of sp³-hybridized carbons (Fsp3) is 0.0526. The van der Waals surface area contributed by atoms with E-state index in [0.717, 1.165) is 71.9 Å². The van der Waals surface area contributed by atoms with Gasteiger partial charge in [-0.3, -0.25) is 0 Å². The zero-order valence-corrected chi connectivity index (χ0v) is 34.3. The normalized spacial score (nSPS) is 12.8. The minimum absolute atomic E-state index is 0.0593. The summed E-state index contributed by atoms with van der Waals surface area (Å²) in [6.45, 7) is 4.65. The van der Waals surface area contributed by atoms with Crippen LogP contribution in [0.3, 0.4) is 0 Å². The lowest BCUT2D eigenvalue weighted by Gasteiger charge is -2.22. The van der Waals surface area contributed by atoms with Crippen LogP contribution in [-0.2, 0) is 5.41 Å². The molecular weight excluding hydrogens is 755 g/mol. The fourth-order valence-electron chi connectivity index (χ4n) is 9.56. The van der Waals surface area contributed by atoms with Gasteiger partial charge in [-0.1, -0.05) is 184 Å². The van der Waals surface area contributed by atoms with E-state index in [1.807, 2.05) is 30.3 Å². The maximum atomic E-state index is 5.35. The number of pyridine rings is 1. The lowest BCUT2D eigenvalue weighted by Crippen LogP contribution is -2.14. The van der Waals surface area contributed by atoms with E-state index in [-0.39, 0.29) is 5.41 Å². The molecule has 1 aliphatic carbocycles. The van der Waals surface area contributed by atoms with E-state index in [1.54, 1.807) is 0 Å². The molecule has 0 atom stereocenters. The molecule has 5 nitrogen and oxygen atoms in total. The molecule has 3 aromatic heterocycles. The predicted molar refractivity (Wildman–Crippen MR) is 254 cm³/mol. The molecule has 0 saturated carbocycles. The Kier molecular flexibility index (Phi) is 8.12. The second kappa shape index (κ2) is 14.0. The van der Waals surface area contributed by atoms with Gasteiger partial charge in [-0.25, -0.2) is 19.9 Å². The number of rotatable bonds is 6. The van der Waals surface area contributed by atoms with E-state index < -0.39 is 0 Å². The quantitative estimate of drug-likeness (QED) is 0.168. The van der Waals surface area contributed by atoms with Crippen LogP contribution in [-0.4, -0.2) is 24.5 Å². The molecule has 0 bridgehead atoms. The van der Waals surface area contributed by atoms with Crippen molar-refractivity contribution in [2.24, 2.45) is 0 Å². The summed E-state index contributed by atoms with van der Waals surface area (Å²) >= 11 is 0. The molecule has 0 radical (unpaired) electrons. The topological polar surface area (TPSA) is 56.5 Å². The van der Waals surface area contributed by atoms with Crippen molar-refractivity contribution in [3.8, 4) is 73.4 Å². The third kappa shape index (κ3) is 5.70. The van der Waals surface area contributed by atoms with Crippen molar-refractivity contribution in [3.63, 3.8) is 0 Å². The van der Waals surface area contributed by atoms with Crippen molar-refractivity contribution in [2.75, 3.05) is 0 Å². The second-order valence-corrected chi connectivity index (χ2v) is 16.6. The summed E-state index contributed by atoms with van der Waals surface area (Å²) < 4.78 is 2.38. The smallest absolute Gasteiger partial charge is 0.164 e. The number of benzene rings is 8. The van der Waals surface area contributed by atoms with Gasteiger partial charge in [0.05, 0.1) is 22.2 Å². The van der Waals surface area contributed by atoms with E-state index in [4.69, 9.17) is 19.9 Å². The maximum absolute atomic E-state index is 5.35. The largest absolute Gasteiger partial charge is 0.308 e. The molecule has 0 aliphatic heterocycles. The van der Waals surface area contributed by atoms with Crippen LogP contribution in [0, 0.1) is 0 Å². The number of para-hydroxylation sites is 3. The molecule has 11 aromatic rings. The molecule has 3 heterocycles. The molecule has 12 rings (SSSR count). The number of nitrogens with zero attached hydrogens (tertiary/aromatic N) is 5. The van der Waals surface area contributed by atoms with Gasteiger partial charge in [-0.2, -0.15) is 0 Å². The third-order valence-corrected chi connectivity index (χ3v) is 12.7. The van der Waals surface area contributed by atoms with E-state index >= 15 is 0 Å². The van der Waals surface area contributed by atoms with Crippen LogP contribution < -0.4 is 0 Å². The lowest BCUT2D eigenvalue weighted by molar-refractivity contribution is 0.660. The molecule has 8 aromatic carbocycles. The van der Waals surface area contributed by atoms with E-state index in [1.165, 1.54) is 27.8 Å². The van der Waals surface area contributed by atoms with Crippen molar-refractivity contribution in [3.05, 3.63) is 211 Å². The zero-order valence-electron chi connectivity index (χ0n) is 34.3. The number of aromatic nitrogens is 5. The van der Waals surface area contributed by atoms with Gasteiger partial charge in [0.15, 0.2) is 17.5 Å². The lowest BCUT2D eigenvalue weighted by atomic mass is 9.81. The monoisotopic (exact) mass is 793 g/mol. The third-order valence-electron chi connectivity index (χ3n) is 12.7. The first-order valence-electron chi connectivity index (χ1n) is 21.1. The first-order valence-corrected chi connectivity index (χ1v) is 21.1. The van der Waals surface area contributed by atoms with Crippen LogP contribution in [0.2, 0.25) is 0 Å². The van der Waals surface area contributed by atoms with E-state index in [0.29, 0.717) is 17.5 Å². The summed E-state index contributed by atoms with van der Waals surface area (Å²) in [7, 11) is 0. The number of fused-ring (bicyclic) bond motifs is 8. The second-order valence-electron chi connectivity index (χ2n) is 16.6. The summed E-state index contributed by atoms with van der Waals surface area (Å²) in [5, 5.41) is 3.40. The highest BCUT2D eigenvalue weighted by molar-refractivity contribution is 6.22. The Hall–Kier alpha value is -8.02. The van der Waals surface area contributed by atoms with Gasteiger partial charge < -0.3 is 4.57 Å². The summed E-state index contributed by atoms with van der Waals surface area (Å²) in [6, 6.07) is 70.6. The first-order chi connectivity index (χ1) is 30.5. The average molecular weight is 794 g/mol. The minimum Gasteiger partial charge on any atom is -0.308 e. The van der Waals surface area contributed by atoms with Crippen molar-refractivity contribution in [1.82, 2.24) is 24.5 Å². The summed E-state index contributed by atoms with van der Waals surface area (Å²) in [6.07, 6.45) is 0. The molecule has 62 heavy (non-hydrogen) atoms. The molecule has 5 heteroatoms. The predicted octanol–water partition coefficient (Wildman–Crippen LogP) is 14.2. The van der Waals surface area contributed by atoms with Crippen LogP contribution in [0.4, 0.5) is 0 Å². The van der Waals surface area contributed by atoms with Crippen LogP contribution in [0.5, 0.6) is 0 Å². The van der Waals surface area contributed by atoms with E-state index in [9.17, 15) is 0 Å². The highest BCUT2D eigenvalue weighted by Crippen LogP contribution is 2.49. The molecule has 0 N–H and O–H groups in total. The zero-order chi connectivity index (χ0) is 41.4. The molecule has 0 saturated heterocycles. The number of hydrogen-bond donors (Lipinski definition) is 0. The highest BCUT2D eigenvalue weighted by Gasteiger charge is 2.35. The Morgan fingerprint density at radius 3 is 1.61 bits per heavy atom. The van der Waals surface area contributed by atoms with Gasteiger partial charge in [0.1, 0.15) is 0 Å². The van der Waals surface area contributed by atoms with Crippen LogP contribution >= 0.6 is 0 Å². The van der Waals surface area contributed by atoms with Gasteiger partial charge in [-0.15, -0.1) is 0 Å². The van der Waals surface area contributed by atoms with Gasteiger partial charge in [0.25, 0.3) is 0 Å². The van der Waals surface area contributed by atoms with Crippen LogP contribution in [0.1, 0.15) is 25.0 Å². The molecule has 1 aliphatic rings. The Morgan fingerprint density at radius 2 is 0.903 bits per heavy atom. The molecule has 0 unspecified atom stereocenters. The SMILES string of the molecule is CC1(C)c2ccccc2-c2ccc(-c3ccc(-c4nc(-c5ccccc5)nc(-c5ccc(-c6nc7ccccc7c7c6c6ccccc6n7-c6ccccc6)cc5)n4)cc3)cc21. The van der Waals surface area contributed by atoms with Crippen molar-refractivity contribution < 1.29 is 0 Å². The Bertz CT molecular complexity index is 3520. The highest BCUT2D eigenvalue weighted by atomic mass is 15.0. The van der Waals surface area contributed by atoms with Gasteiger partial charge >= 0.3 is 0 Å². The number of hydrogen-bond acceptors (Lipinski definition) is 4. The fourth-order valence-corrected chi connectivity index (χ4v) is 9.56. The first kappa shape index (κ1) is 35.9. The van der Waals surface area contributed by atoms with Crippen molar-refractivity contribution >= 4 is 32.7 Å². The minimum atomic E-state index is -0.0593. The van der Waals surface area contributed by atoms with Crippen molar-refractivity contribution in [1.29, 1.82) is 0 Å². The standard InChI is InChI=1S/C57H39N5/c1-57(2)47-22-12-9-19-43(47)44-34-33-41(35-48(44)57)36-25-29-39(30-26-36)55-59-54(38-15-5-3-6-16-38)60-56(61-55)40-31-27-37(28-32-40)52-51-46-21-11-14-24-50(46)62(42-17-7-4-8-18-42)53(51)45-20-10-13-23-49(45)58-52/h3-35H,1-2H3. The Labute approximate surface area is 359 Å². The molecule has 0 amide bonds. The molecule has 0 fully saturated rings. The summed E-state index contributed by atoms with van der Waals surface area (Å²) in [5.41, 5.74) is 16.8. The average Bonchev–Trinajstić information content (AvgIpc) is 3.81. The van der Waals surface area contributed by atoms with Crippen LogP contribution in [0.15, 0.2) is 200 Å². The van der Waals surface area contributed by atoms with Crippen LogP contribution in [0.25, 0.3) is 106 Å². The molecule has 0 spiro atoms. The Balaban J connectivity index is 0.948. The Morgan fingerprint density at radius 1 is 0.387 bits per heavy atom.